The van der Waals surface area contributed by atoms with E-state index >= 15 is 0 Å². The SMILES string of the molecule is NCCC[C@H](N)CC(=O)N[C@H]1CNC(=O)[C@H]([C@H]2C[C@H](O)NC(N)=N2)NC(=O)/C(=C/NC(N)=O)NC(=O)[C@H](CO)NC(=O)[C@H](CO)NC1=O.O=S(=O)(O)O. The largest absolute Gasteiger partial charge is 0.394 e. The van der Waals surface area contributed by atoms with Crippen LogP contribution in [0.2, 0.25) is 0 Å². The molecule has 0 spiro atoms. The molecule has 0 aromatic heterocycles. The maximum Gasteiger partial charge on any atom is 0.394 e. The molecule has 8 amide bonds. The second-order valence-corrected chi connectivity index (χ2v) is 12.1. The lowest BCUT2D eigenvalue weighted by Crippen LogP contribution is -2.63. The Bertz CT molecular complexity index is 1500. The summed E-state index contributed by atoms with van der Waals surface area (Å²) in [7, 11) is -4.67. The number of primary amides is 1. The molecule has 7 atom stereocenters. The van der Waals surface area contributed by atoms with Gasteiger partial charge in [0.05, 0.1) is 19.3 Å². The van der Waals surface area contributed by atoms with Crippen LogP contribution < -0.4 is 65.5 Å². The summed E-state index contributed by atoms with van der Waals surface area (Å²) in [5, 5.41) is 47.7. The number of nitrogens with one attached hydrogen (secondary N) is 8. The number of urea groups is 1. The first-order valence-corrected chi connectivity index (χ1v) is 16.8. The van der Waals surface area contributed by atoms with Crippen LogP contribution in [0.5, 0.6) is 0 Å². The first kappa shape index (κ1) is 45.8. The minimum Gasteiger partial charge on any atom is -0.394 e. The summed E-state index contributed by atoms with van der Waals surface area (Å²) >= 11 is 0. The number of nitrogens with zero attached hydrogens (tertiary/aromatic N) is 1. The van der Waals surface area contributed by atoms with Crippen LogP contribution in [-0.4, -0.2) is 149 Å². The van der Waals surface area contributed by atoms with Gasteiger partial charge < -0.3 is 80.8 Å². The van der Waals surface area contributed by atoms with Crippen molar-refractivity contribution < 1.29 is 66.4 Å². The van der Waals surface area contributed by atoms with Crippen LogP contribution in [0.3, 0.4) is 0 Å². The summed E-state index contributed by atoms with van der Waals surface area (Å²) < 4.78 is 31.6. The predicted molar refractivity (Wildman–Crippen MR) is 178 cm³/mol. The summed E-state index contributed by atoms with van der Waals surface area (Å²) in [6.07, 6.45) is -0.253. The number of guanidine groups is 1. The minimum absolute atomic E-state index is 0.247. The highest BCUT2D eigenvalue weighted by atomic mass is 32.3. The van der Waals surface area contributed by atoms with Gasteiger partial charge in [-0.15, -0.1) is 0 Å². The molecular formula is C25H45N13O14S. The van der Waals surface area contributed by atoms with Crippen LogP contribution in [0.4, 0.5) is 4.79 Å². The molecule has 0 saturated carbocycles. The molecule has 1 saturated heterocycles. The highest BCUT2D eigenvalue weighted by molar-refractivity contribution is 7.79. The van der Waals surface area contributed by atoms with E-state index in [1.807, 2.05) is 5.32 Å². The Labute approximate surface area is 301 Å². The van der Waals surface area contributed by atoms with Crippen molar-refractivity contribution in [3.63, 3.8) is 0 Å². The van der Waals surface area contributed by atoms with Crippen molar-refractivity contribution in [2.24, 2.45) is 27.9 Å². The fourth-order valence-corrected chi connectivity index (χ4v) is 4.44. The molecule has 0 unspecified atom stereocenters. The van der Waals surface area contributed by atoms with E-state index in [9.17, 15) is 48.9 Å². The number of rotatable bonds is 10. The Hall–Kier alpha value is -5.23. The van der Waals surface area contributed by atoms with Crippen molar-refractivity contribution in [3.05, 3.63) is 11.9 Å². The summed E-state index contributed by atoms with van der Waals surface area (Å²) in [5.41, 5.74) is 21.5. The first-order valence-electron chi connectivity index (χ1n) is 15.4. The number of carbonyl (C=O) groups is 7. The summed E-state index contributed by atoms with van der Waals surface area (Å²) in [6.45, 7) is -2.37. The normalized spacial score (nSPS) is 26.1. The van der Waals surface area contributed by atoms with Crippen LogP contribution in [-0.2, 0) is 39.2 Å². The van der Waals surface area contributed by atoms with Gasteiger partial charge in [-0.2, -0.15) is 8.42 Å². The van der Waals surface area contributed by atoms with E-state index in [1.54, 1.807) is 0 Å². The zero-order chi connectivity index (χ0) is 40.5. The zero-order valence-electron chi connectivity index (χ0n) is 27.9. The molecule has 2 aliphatic rings. The minimum atomic E-state index is -4.67. The Kier molecular flexibility index (Phi) is 19.0. The van der Waals surface area contributed by atoms with E-state index in [1.165, 1.54) is 0 Å². The summed E-state index contributed by atoms with van der Waals surface area (Å²) in [5.74, 6) is -6.69. The van der Waals surface area contributed by atoms with E-state index in [0.717, 1.165) is 0 Å². The standard InChI is InChI=1S/C25H43N13O10.H2O4S/c26-3-1-2-10(27)4-16(41)32-12-6-30-23(47)18(11-5-17(42)37-24(28)36-11)38-20(44)13(7-31-25(29)48)33-21(45)14(8-39)35-22(46)15(9-40)34-19(12)43;1-5(2,3)4/h7,10-12,14-15,17-18,39-40,42H,1-6,8-9,26-27H2,(H,30,47)(H,32,41)(H,33,45)(H,34,43)(H,35,46)(H,38,44)(H3,28,36,37)(H3,29,31,48);(H2,1,2,3,4)/b13-7-;/t10-,11+,12-,14-,15-,17-,18-;/m0./s1. The van der Waals surface area contributed by atoms with Gasteiger partial charge in [0.25, 0.3) is 5.91 Å². The van der Waals surface area contributed by atoms with Crippen LogP contribution in [0.25, 0.3) is 0 Å². The monoisotopic (exact) mass is 783 g/mol. The molecule has 21 N–H and O–H groups in total. The maximum atomic E-state index is 13.6. The maximum absolute atomic E-state index is 13.6. The van der Waals surface area contributed by atoms with E-state index < -0.39 is 120 Å². The Morgan fingerprint density at radius 2 is 1.55 bits per heavy atom. The quantitative estimate of drug-likeness (QED) is 0.0722. The smallest absolute Gasteiger partial charge is 0.394 e. The number of amides is 8. The van der Waals surface area contributed by atoms with Gasteiger partial charge in [-0.3, -0.25) is 37.9 Å². The number of hydrogen-bond donors (Lipinski definition) is 17. The topological polar surface area (TPSA) is 467 Å². The molecule has 0 aromatic rings. The first-order chi connectivity index (χ1) is 24.7. The van der Waals surface area contributed by atoms with Gasteiger partial charge in [0.1, 0.15) is 36.1 Å². The predicted octanol–water partition coefficient (Wildman–Crippen LogP) is -9.54. The van der Waals surface area contributed by atoms with Crippen LogP contribution in [0.15, 0.2) is 16.9 Å². The zero-order valence-corrected chi connectivity index (χ0v) is 28.7. The second-order valence-electron chi connectivity index (χ2n) is 11.2. The van der Waals surface area contributed by atoms with Crippen LogP contribution in [0, 0.1) is 0 Å². The molecule has 2 rings (SSSR count). The average molecular weight is 784 g/mol. The third-order valence-corrected chi connectivity index (χ3v) is 6.89. The van der Waals surface area contributed by atoms with Crippen molar-refractivity contribution in [1.29, 1.82) is 0 Å². The Morgan fingerprint density at radius 3 is 2.09 bits per heavy atom. The van der Waals surface area contributed by atoms with Crippen molar-refractivity contribution in [2.75, 3.05) is 26.3 Å². The van der Waals surface area contributed by atoms with Gasteiger partial charge in [-0.1, -0.05) is 0 Å². The number of aliphatic hydroxyl groups is 3. The lowest BCUT2D eigenvalue weighted by atomic mass is 10.0. The molecule has 28 heteroatoms. The van der Waals surface area contributed by atoms with Gasteiger partial charge in [0.2, 0.25) is 29.5 Å². The molecule has 1 fully saturated rings. The van der Waals surface area contributed by atoms with Gasteiger partial charge in [-0.05, 0) is 19.4 Å². The van der Waals surface area contributed by atoms with Crippen LogP contribution in [0.1, 0.15) is 25.7 Å². The molecule has 2 aliphatic heterocycles. The van der Waals surface area contributed by atoms with E-state index in [4.69, 9.17) is 40.5 Å². The fourth-order valence-electron chi connectivity index (χ4n) is 4.44. The van der Waals surface area contributed by atoms with E-state index in [-0.39, 0.29) is 18.8 Å². The highest BCUT2D eigenvalue weighted by Crippen LogP contribution is 2.12. The van der Waals surface area contributed by atoms with E-state index in [0.29, 0.717) is 25.6 Å². The van der Waals surface area contributed by atoms with Gasteiger partial charge in [0, 0.05) is 31.6 Å². The number of hydrogen-bond acceptors (Lipinski definition) is 17. The fraction of sp³-hybridized carbons (Fsp3) is 0.600. The van der Waals surface area contributed by atoms with Gasteiger partial charge in [0.15, 0.2) is 5.96 Å². The molecule has 0 radical (unpaired) electrons. The Balaban J connectivity index is 0.00000262. The van der Waals surface area contributed by atoms with Gasteiger partial charge in [-0.25, -0.2) is 9.79 Å². The highest BCUT2D eigenvalue weighted by Gasteiger charge is 2.37. The van der Waals surface area contributed by atoms with Crippen molar-refractivity contribution in [3.8, 4) is 0 Å². The van der Waals surface area contributed by atoms with E-state index in [2.05, 4.69) is 42.2 Å². The molecular weight excluding hydrogens is 738 g/mol. The number of carbonyl (C=O) groups excluding carboxylic acids is 7. The van der Waals surface area contributed by atoms with Crippen molar-refractivity contribution in [2.45, 2.75) is 68.2 Å². The van der Waals surface area contributed by atoms with Crippen molar-refractivity contribution >= 4 is 57.8 Å². The number of aliphatic hydroxyl groups excluding tert-OH is 3. The second kappa shape index (κ2) is 22.0. The number of aliphatic imine (C=N–C) groups is 1. The summed E-state index contributed by atoms with van der Waals surface area (Å²) in [4.78, 5) is 94.3. The summed E-state index contributed by atoms with van der Waals surface area (Å²) in [6, 6.07) is -9.80. The molecule has 0 bridgehead atoms. The van der Waals surface area contributed by atoms with Gasteiger partial charge >= 0.3 is 16.4 Å². The van der Waals surface area contributed by atoms with Crippen molar-refractivity contribution in [1.82, 2.24) is 42.5 Å². The number of nitrogens with two attached hydrogens (primary N) is 4. The lowest BCUT2D eigenvalue weighted by molar-refractivity contribution is -0.135. The molecule has 27 nitrogen and oxygen atoms in total. The molecule has 0 aliphatic carbocycles. The third kappa shape index (κ3) is 17.7. The molecule has 300 valence electrons. The third-order valence-electron chi connectivity index (χ3n) is 6.89. The van der Waals surface area contributed by atoms with Crippen LogP contribution >= 0.6 is 0 Å². The average Bonchev–Trinajstić information content (AvgIpc) is 3.05. The lowest BCUT2D eigenvalue weighted by Gasteiger charge is -2.31. The molecule has 2 heterocycles. The Morgan fingerprint density at radius 1 is 0.962 bits per heavy atom. The molecule has 0 aromatic carbocycles. The molecule has 53 heavy (non-hydrogen) atoms.